The van der Waals surface area contributed by atoms with Crippen molar-refractivity contribution in [2.24, 2.45) is 0 Å². The average Bonchev–Trinajstić information content (AvgIpc) is 3.08. The molecular weight excluding hydrogens is 336 g/mol. The number of nitrogen functional groups attached to an aromatic ring is 1. The topological polar surface area (TPSA) is 113 Å². The Bertz CT molecular complexity index is 907. The smallest absolute Gasteiger partial charge is 0.339 e. The van der Waals surface area contributed by atoms with Crippen molar-refractivity contribution in [3.05, 3.63) is 68.8 Å². The molecule has 1 aliphatic carbocycles. The Labute approximate surface area is 149 Å². The highest BCUT2D eigenvalue weighted by Gasteiger charge is 2.23. The number of Topliss-reactive ketones (excluding diaryl/α,β-unsaturated/α-hetero) is 1. The van der Waals surface area contributed by atoms with Crippen LogP contribution in [0.3, 0.4) is 0 Å². The van der Waals surface area contributed by atoms with Gasteiger partial charge in [0, 0.05) is 11.6 Å². The van der Waals surface area contributed by atoms with E-state index in [4.69, 9.17) is 10.5 Å². The number of nitro groups is 1. The van der Waals surface area contributed by atoms with E-state index in [1.165, 1.54) is 24.6 Å². The second kappa shape index (κ2) is 6.95. The molecule has 3 rings (SSSR count). The number of anilines is 1. The number of nitrogens with zero attached hydrogens (tertiary/aromatic N) is 1. The molecule has 0 spiro atoms. The van der Waals surface area contributed by atoms with Crippen molar-refractivity contribution >= 4 is 23.1 Å². The molecule has 1 unspecified atom stereocenters. The monoisotopic (exact) mass is 354 g/mol. The van der Waals surface area contributed by atoms with Crippen molar-refractivity contribution in [1.29, 1.82) is 0 Å². The maximum absolute atomic E-state index is 12.5. The molecule has 1 aliphatic rings. The van der Waals surface area contributed by atoms with Gasteiger partial charge in [0.25, 0.3) is 5.69 Å². The first-order chi connectivity index (χ1) is 12.4. The van der Waals surface area contributed by atoms with Gasteiger partial charge in [0.2, 0.25) is 5.78 Å². The summed E-state index contributed by atoms with van der Waals surface area (Å²) in [5, 5.41) is 10.9. The number of hydrogen-bond donors (Lipinski definition) is 1. The zero-order chi connectivity index (χ0) is 18.8. The van der Waals surface area contributed by atoms with Crippen molar-refractivity contribution in [2.45, 2.75) is 32.3 Å². The van der Waals surface area contributed by atoms with E-state index >= 15 is 0 Å². The van der Waals surface area contributed by atoms with Gasteiger partial charge in [0.15, 0.2) is 6.10 Å². The van der Waals surface area contributed by atoms with Gasteiger partial charge in [-0.15, -0.1) is 0 Å². The lowest BCUT2D eigenvalue weighted by Crippen LogP contribution is -2.24. The largest absolute Gasteiger partial charge is 0.451 e. The van der Waals surface area contributed by atoms with E-state index in [1.54, 1.807) is 6.07 Å². The van der Waals surface area contributed by atoms with Gasteiger partial charge in [-0.2, -0.15) is 0 Å². The summed E-state index contributed by atoms with van der Waals surface area (Å²) in [5.41, 5.74) is 7.96. The number of carbonyl (C=O) groups excluding carboxylic acids is 2. The van der Waals surface area contributed by atoms with E-state index in [0.29, 0.717) is 5.56 Å². The molecule has 0 radical (unpaired) electrons. The number of ketones is 1. The number of nitro benzene ring substituents is 1. The van der Waals surface area contributed by atoms with Crippen LogP contribution < -0.4 is 5.73 Å². The molecule has 2 aromatic rings. The molecule has 26 heavy (non-hydrogen) atoms. The fourth-order valence-corrected chi connectivity index (χ4v) is 3.07. The zero-order valence-corrected chi connectivity index (χ0v) is 14.2. The number of hydrogen-bond acceptors (Lipinski definition) is 6. The predicted octanol–water partition coefficient (Wildman–Crippen LogP) is 3.09. The van der Waals surface area contributed by atoms with E-state index < -0.39 is 17.0 Å². The summed E-state index contributed by atoms with van der Waals surface area (Å²) < 4.78 is 5.19. The Morgan fingerprint density at radius 1 is 1.12 bits per heavy atom. The van der Waals surface area contributed by atoms with Crippen molar-refractivity contribution in [3.63, 3.8) is 0 Å². The number of esters is 1. The Balaban J connectivity index is 1.74. The van der Waals surface area contributed by atoms with Gasteiger partial charge < -0.3 is 10.5 Å². The molecule has 134 valence electrons. The number of fused-ring (bicyclic) bond motifs is 1. The van der Waals surface area contributed by atoms with Crippen LogP contribution >= 0.6 is 0 Å². The third-order valence-corrected chi connectivity index (χ3v) is 4.50. The first kappa shape index (κ1) is 17.6. The molecular formula is C19H18N2O5. The Hall–Kier alpha value is -3.22. The molecule has 1 atom stereocenters. The van der Waals surface area contributed by atoms with Crippen molar-refractivity contribution in [3.8, 4) is 0 Å². The predicted molar refractivity (Wildman–Crippen MR) is 95.2 cm³/mol. The van der Waals surface area contributed by atoms with Crippen LogP contribution in [0.5, 0.6) is 0 Å². The zero-order valence-electron chi connectivity index (χ0n) is 14.2. The Morgan fingerprint density at radius 3 is 2.54 bits per heavy atom. The first-order valence-corrected chi connectivity index (χ1v) is 8.27. The van der Waals surface area contributed by atoms with Gasteiger partial charge in [0.05, 0.1) is 10.5 Å². The molecule has 7 heteroatoms. The lowest BCUT2D eigenvalue weighted by atomic mass is 10.0. The van der Waals surface area contributed by atoms with Crippen LogP contribution in [-0.2, 0) is 17.6 Å². The molecule has 0 fully saturated rings. The van der Waals surface area contributed by atoms with E-state index in [-0.39, 0.29) is 22.7 Å². The molecule has 0 heterocycles. The lowest BCUT2D eigenvalue weighted by Gasteiger charge is -2.13. The maximum Gasteiger partial charge on any atom is 0.339 e. The normalized spacial score (nSPS) is 13.7. The minimum Gasteiger partial charge on any atom is -0.451 e. The van der Waals surface area contributed by atoms with E-state index in [9.17, 15) is 19.7 Å². The number of aryl methyl sites for hydroxylation is 2. The molecule has 0 saturated carbocycles. The number of benzene rings is 2. The summed E-state index contributed by atoms with van der Waals surface area (Å²) in [6, 6.07) is 9.17. The standard InChI is InChI=1S/C19H18N2O5/c1-11(18(22)14-6-5-12-3-2-4-13(12)9-14)26-19(23)15-7-8-16(20)17(10-15)21(24)25/h5-11H,2-4,20H2,1H3. The van der Waals surface area contributed by atoms with Crippen LogP contribution in [0.2, 0.25) is 0 Å². The van der Waals surface area contributed by atoms with E-state index in [1.807, 2.05) is 12.1 Å². The van der Waals surface area contributed by atoms with Gasteiger partial charge in [-0.25, -0.2) is 4.79 Å². The summed E-state index contributed by atoms with van der Waals surface area (Å²) >= 11 is 0. The minimum absolute atomic E-state index is 0.0282. The second-order valence-electron chi connectivity index (χ2n) is 6.28. The van der Waals surface area contributed by atoms with Crippen LogP contribution in [0, 0.1) is 10.1 Å². The van der Waals surface area contributed by atoms with Gasteiger partial charge in [-0.05, 0) is 55.5 Å². The van der Waals surface area contributed by atoms with Gasteiger partial charge in [-0.3, -0.25) is 14.9 Å². The van der Waals surface area contributed by atoms with Crippen LogP contribution in [0.15, 0.2) is 36.4 Å². The van der Waals surface area contributed by atoms with E-state index in [0.717, 1.165) is 30.9 Å². The number of carbonyl (C=O) groups is 2. The summed E-state index contributed by atoms with van der Waals surface area (Å²) in [5.74, 6) is -1.12. The summed E-state index contributed by atoms with van der Waals surface area (Å²) in [6.45, 7) is 1.49. The fraction of sp³-hybridized carbons (Fsp3) is 0.263. The molecule has 2 N–H and O–H groups in total. The van der Waals surface area contributed by atoms with Gasteiger partial charge in [-0.1, -0.05) is 12.1 Å². The van der Waals surface area contributed by atoms with Crippen LogP contribution in [0.25, 0.3) is 0 Å². The van der Waals surface area contributed by atoms with Crippen molar-refractivity contribution < 1.29 is 19.2 Å². The quantitative estimate of drug-likeness (QED) is 0.290. The number of nitrogens with two attached hydrogens (primary N) is 1. The Kier molecular flexibility index (Phi) is 4.71. The highest BCUT2D eigenvalue weighted by atomic mass is 16.6. The van der Waals surface area contributed by atoms with E-state index in [2.05, 4.69) is 0 Å². The molecule has 0 bridgehead atoms. The molecule has 0 aromatic heterocycles. The van der Waals surface area contributed by atoms with Crippen molar-refractivity contribution in [1.82, 2.24) is 0 Å². The second-order valence-corrected chi connectivity index (χ2v) is 6.28. The average molecular weight is 354 g/mol. The van der Waals surface area contributed by atoms with Gasteiger partial charge in [0.1, 0.15) is 5.69 Å². The third-order valence-electron chi connectivity index (χ3n) is 4.50. The maximum atomic E-state index is 12.5. The third kappa shape index (κ3) is 3.42. The molecule has 0 saturated heterocycles. The van der Waals surface area contributed by atoms with Crippen molar-refractivity contribution in [2.75, 3.05) is 5.73 Å². The molecule has 0 amide bonds. The lowest BCUT2D eigenvalue weighted by molar-refractivity contribution is -0.383. The first-order valence-electron chi connectivity index (χ1n) is 8.27. The SMILES string of the molecule is CC(OC(=O)c1ccc(N)c([N+](=O)[O-])c1)C(=O)c1ccc2c(c1)CCC2. The number of rotatable bonds is 5. The van der Waals surface area contributed by atoms with Crippen LogP contribution in [-0.4, -0.2) is 22.8 Å². The number of ether oxygens (including phenoxy) is 1. The molecule has 7 nitrogen and oxygen atoms in total. The Morgan fingerprint density at radius 2 is 1.81 bits per heavy atom. The van der Waals surface area contributed by atoms with Crippen LogP contribution in [0.1, 0.15) is 45.2 Å². The molecule has 2 aromatic carbocycles. The summed E-state index contributed by atoms with van der Waals surface area (Å²) in [4.78, 5) is 35.0. The van der Waals surface area contributed by atoms with Gasteiger partial charge >= 0.3 is 5.97 Å². The highest BCUT2D eigenvalue weighted by molar-refractivity contribution is 6.01. The summed E-state index contributed by atoms with van der Waals surface area (Å²) in [7, 11) is 0. The van der Waals surface area contributed by atoms with Crippen LogP contribution in [0.4, 0.5) is 11.4 Å². The highest BCUT2D eigenvalue weighted by Crippen LogP contribution is 2.25. The fourth-order valence-electron chi connectivity index (χ4n) is 3.07. The minimum atomic E-state index is -1.00. The summed E-state index contributed by atoms with van der Waals surface area (Å²) in [6.07, 6.45) is 2.04. The molecule has 0 aliphatic heterocycles.